The first-order chi connectivity index (χ1) is 6.84. The molecule has 0 amide bonds. The first-order valence-electron chi connectivity index (χ1n) is 4.83. The van der Waals surface area contributed by atoms with Gasteiger partial charge in [0.15, 0.2) is 0 Å². The van der Waals surface area contributed by atoms with E-state index >= 15 is 0 Å². The fourth-order valence-corrected chi connectivity index (χ4v) is 2.70. The summed E-state index contributed by atoms with van der Waals surface area (Å²) in [5.74, 6) is 0.545. The maximum atomic E-state index is 11.8. The van der Waals surface area contributed by atoms with Gasteiger partial charge in [-0.3, -0.25) is 0 Å². The van der Waals surface area contributed by atoms with Crippen molar-refractivity contribution < 1.29 is 8.42 Å². The molecule has 1 rings (SSSR count). The lowest BCUT2D eigenvalue weighted by atomic mass is 10.4. The van der Waals surface area contributed by atoms with Gasteiger partial charge in [0.05, 0.1) is 0 Å². The van der Waals surface area contributed by atoms with E-state index in [1.54, 1.807) is 44.8 Å². The number of hydrogen-bond acceptors (Lipinski definition) is 3. The zero-order valence-electron chi connectivity index (χ0n) is 9.43. The third-order valence-electron chi connectivity index (χ3n) is 2.09. The summed E-state index contributed by atoms with van der Waals surface area (Å²) in [6, 6.07) is -0.0993. The number of hydrogen-bond donors (Lipinski definition) is 1. The Hall–Kier alpha value is -0.880. The SMILES string of the molecule is CC(C)NS(=O)(=O)C(C)c1nccn1C. The highest BCUT2D eigenvalue weighted by Gasteiger charge is 2.26. The summed E-state index contributed by atoms with van der Waals surface area (Å²) < 4.78 is 27.9. The van der Waals surface area contributed by atoms with E-state index in [2.05, 4.69) is 9.71 Å². The molecule has 0 saturated heterocycles. The number of nitrogens with one attached hydrogen (secondary N) is 1. The molecule has 0 aliphatic heterocycles. The lowest BCUT2D eigenvalue weighted by Gasteiger charge is -2.15. The van der Waals surface area contributed by atoms with Crippen molar-refractivity contribution in [2.24, 2.45) is 7.05 Å². The lowest BCUT2D eigenvalue weighted by molar-refractivity contribution is 0.554. The van der Waals surface area contributed by atoms with Crippen LogP contribution in [-0.2, 0) is 17.1 Å². The van der Waals surface area contributed by atoms with Gasteiger partial charge < -0.3 is 4.57 Å². The van der Waals surface area contributed by atoms with Crippen LogP contribution in [0.2, 0.25) is 0 Å². The summed E-state index contributed by atoms with van der Waals surface area (Å²) in [5, 5.41) is -0.639. The molecule has 0 radical (unpaired) electrons. The van der Waals surface area contributed by atoms with E-state index in [-0.39, 0.29) is 6.04 Å². The van der Waals surface area contributed by atoms with Crippen molar-refractivity contribution in [3.8, 4) is 0 Å². The average Bonchev–Trinajstić information content (AvgIpc) is 2.47. The molecule has 1 N–H and O–H groups in total. The molecule has 0 spiro atoms. The molecular weight excluding hydrogens is 214 g/mol. The molecule has 0 aliphatic rings. The summed E-state index contributed by atoms with van der Waals surface area (Å²) in [6.07, 6.45) is 3.33. The summed E-state index contributed by atoms with van der Waals surface area (Å²) in [4.78, 5) is 4.03. The van der Waals surface area contributed by atoms with Gasteiger partial charge in [0.1, 0.15) is 11.1 Å². The van der Waals surface area contributed by atoms with E-state index in [1.807, 2.05) is 0 Å². The molecule has 5 nitrogen and oxygen atoms in total. The number of nitrogens with zero attached hydrogens (tertiary/aromatic N) is 2. The Kier molecular flexibility index (Phi) is 3.51. The second-order valence-corrected chi connectivity index (χ2v) is 5.89. The van der Waals surface area contributed by atoms with E-state index in [9.17, 15) is 8.42 Å². The maximum absolute atomic E-state index is 11.8. The quantitative estimate of drug-likeness (QED) is 0.834. The lowest BCUT2D eigenvalue weighted by Crippen LogP contribution is -2.34. The van der Waals surface area contributed by atoms with Gasteiger partial charge in [0, 0.05) is 25.5 Å². The summed E-state index contributed by atoms with van der Waals surface area (Å²) in [5.41, 5.74) is 0. The molecule has 15 heavy (non-hydrogen) atoms. The molecule has 1 aromatic heterocycles. The third-order valence-corrected chi connectivity index (χ3v) is 4.03. The van der Waals surface area contributed by atoms with E-state index in [4.69, 9.17) is 0 Å². The van der Waals surface area contributed by atoms with E-state index < -0.39 is 15.3 Å². The molecule has 0 saturated carbocycles. The van der Waals surface area contributed by atoms with Crippen molar-refractivity contribution in [3.05, 3.63) is 18.2 Å². The van der Waals surface area contributed by atoms with Gasteiger partial charge in [-0.05, 0) is 20.8 Å². The Morgan fingerprint density at radius 3 is 2.40 bits per heavy atom. The molecule has 0 fully saturated rings. The van der Waals surface area contributed by atoms with Crippen LogP contribution < -0.4 is 4.72 Å². The Labute approximate surface area is 90.6 Å². The van der Waals surface area contributed by atoms with Crippen LogP contribution in [-0.4, -0.2) is 24.0 Å². The van der Waals surface area contributed by atoms with Crippen molar-refractivity contribution in [1.82, 2.24) is 14.3 Å². The second-order valence-electron chi connectivity index (χ2n) is 3.86. The van der Waals surface area contributed by atoms with Crippen molar-refractivity contribution >= 4 is 10.0 Å². The Morgan fingerprint density at radius 2 is 2.00 bits per heavy atom. The first-order valence-corrected chi connectivity index (χ1v) is 6.37. The van der Waals surface area contributed by atoms with E-state index in [0.29, 0.717) is 5.82 Å². The second kappa shape index (κ2) is 4.32. The van der Waals surface area contributed by atoms with Gasteiger partial charge in [-0.2, -0.15) is 0 Å². The fourth-order valence-electron chi connectivity index (χ4n) is 1.34. The zero-order chi connectivity index (χ0) is 11.6. The van der Waals surface area contributed by atoms with Gasteiger partial charge in [-0.25, -0.2) is 18.1 Å². The molecular formula is C9H17N3O2S. The first kappa shape index (κ1) is 12.2. The predicted molar refractivity (Wildman–Crippen MR) is 58.8 cm³/mol. The highest BCUT2D eigenvalue weighted by Crippen LogP contribution is 2.18. The molecule has 1 unspecified atom stereocenters. The highest BCUT2D eigenvalue weighted by atomic mass is 32.2. The normalized spacial score (nSPS) is 14.5. The number of aromatic nitrogens is 2. The fraction of sp³-hybridized carbons (Fsp3) is 0.667. The van der Waals surface area contributed by atoms with E-state index in [1.165, 1.54) is 0 Å². The minimum Gasteiger partial charge on any atom is -0.337 e. The number of rotatable bonds is 4. The maximum Gasteiger partial charge on any atom is 0.221 e. The highest BCUT2D eigenvalue weighted by molar-refractivity contribution is 7.89. The molecule has 1 aromatic rings. The van der Waals surface area contributed by atoms with Crippen LogP contribution >= 0.6 is 0 Å². The van der Waals surface area contributed by atoms with Crippen molar-refractivity contribution in [1.29, 1.82) is 0 Å². The Balaban J connectivity index is 2.95. The van der Waals surface area contributed by atoms with Gasteiger partial charge in [0.25, 0.3) is 0 Å². The standard InChI is InChI=1S/C9H17N3O2S/c1-7(2)11-15(13,14)8(3)9-10-5-6-12(9)4/h5-8,11H,1-4H3. The zero-order valence-corrected chi connectivity index (χ0v) is 10.2. The third kappa shape index (κ3) is 2.79. The van der Waals surface area contributed by atoms with Crippen molar-refractivity contribution in [2.75, 3.05) is 0 Å². The van der Waals surface area contributed by atoms with Gasteiger partial charge in [-0.1, -0.05) is 0 Å². The summed E-state index contributed by atoms with van der Waals surface area (Å²) >= 11 is 0. The number of sulfonamides is 1. The van der Waals surface area contributed by atoms with Crippen LogP contribution in [0, 0.1) is 0 Å². The van der Waals surface area contributed by atoms with Crippen LogP contribution in [0.15, 0.2) is 12.4 Å². The van der Waals surface area contributed by atoms with Gasteiger partial charge in [0.2, 0.25) is 10.0 Å². The monoisotopic (exact) mass is 231 g/mol. The molecule has 86 valence electrons. The molecule has 0 bridgehead atoms. The molecule has 1 heterocycles. The van der Waals surface area contributed by atoms with Crippen LogP contribution in [0.25, 0.3) is 0 Å². The van der Waals surface area contributed by atoms with Crippen LogP contribution in [0.4, 0.5) is 0 Å². The minimum atomic E-state index is -3.34. The van der Waals surface area contributed by atoms with Crippen LogP contribution in [0.3, 0.4) is 0 Å². The van der Waals surface area contributed by atoms with E-state index in [0.717, 1.165) is 0 Å². The minimum absolute atomic E-state index is 0.0993. The molecule has 1 atom stereocenters. The molecule has 6 heteroatoms. The van der Waals surface area contributed by atoms with Gasteiger partial charge >= 0.3 is 0 Å². The Morgan fingerprint density at radius 1 is 1.40 bits per heavy atom. The topological polar surface area (TPSA) is 64.0 Å². The molecule has 0 aliphatic carbocycles. The summed E-state index contributed by atoms with van der Waals surface area (Å²) in [6.45, 7) is 5.22. The smallest absolute Gasteiger partial charge is 0.221 e. The predicted octanol–water partition coefficient (Wildman–Crippen LogP) is 0.809. The van der Waals surface area contributed by atoms with Gasteiger partial charge in [-0.15, -0.1) is 0 Å². The van der Waals surface area contributed by atoms with Crippen molar-refractivity contribution in [2.45, 2.75) is 32.1 Å². The number of imidazole rings is 1. The van der Waals surface area contributed by atoms with Crippen LogP contribution in [0.1, 0.15) is 31.8 Å². The largest absolute Gasteiger partial charge is 0.337 e. The summed E-state index contributed by atoms with van der Waals surface area (Å²) in [7, 11) is -1.56. The van der Waals surface area contributed by atoms with Crippen LogP contribution in [0.5, 0.6) is 0 Å². The Bertz CT molecular complexity index is 422. The number of aryl methyl sites for hydroxylation is 1. The van der Waals surface area contributed by atoms with Crippen molar-refractivity contribution in [3.63, 3.8) is 0 Å². The average molecular weight is 231 g/mol. The molecule has 0 aromatic carbocycles.